The Kier molecular flexibility index (Phi) is 8.34. The predicted molar refractivity (Wildman–Crippen MR) is 167 cm³/mol. The molecule has 1 aliphatic heterocycles. The van der Waals surface area contributed by atoms with Gasteiger partial charge in [0.05, 0.1) is 19.7 Å². The first-order chi connectivity index (χ1) is 21.0. The number of nitrogens with zero attached hydrogens (tertiary/aromatic N) is 2. The SMILES string of the molecule is COC(=O)Cc1ccc2c(c1)NC(=O)CCCCC(c1ccc(-c3cc(Cl)ccc3-c3cnco3)cn1)c1cccc-2c1. The molecule has 3 heterocycles. The molecule has 8 heteroatoms. The van der Waals surface area contributed by atoms with Crippen molar-refractivity contribution in [3.63, 3.8) is 0 Å². The Bertz CT molecular complexity index is 1770. The van der Waals surface area contributed by atoms with Gasteiger partial charge < -0.3 is 14.5 Å². The normalized spacial score (nSPS) is 15.0. The molecular weight excluding hydrogens is 562 g/mol. The highest BCUT2D eigenvalue weighted by Gasteiger charge is 2.20. The van der Waals surface area contributed by atoms with Crippen LogP contribution in [-0.2, 0) is 20.7 Å². The minimum Gasteiger partial charge on any atom is -0.469 e. The van der Waals surface area contributed by atoms with Crippen molar-refractivity contribution in [1.82, 2.24) is 9.97 Å². The van der Waals surface area contributed by atoms with E-state index in [1.165, 1.54) is 13.5 Å². The average molecular weight is 592 g/mol. The first kappa shape index (κ1) is 28.4. The van der Waals surface area contributed by atoms with Gasteiger partial charge in [-0.25, -0.2) is 4.98 Å². The van der Waals surface area contributed by atoms with Crippen molar-refractivity contribution in [1.29, 1.82) is 0 Å². The summed E-state index contributed by atoms with van der Waals surface area (Å²) >= 11 is 6.37. The van der Waals surface area contributed by atoms with Crippen LogP contribution < -0.4 is 5.32 Å². The van der Waals surface area contributed by atoms with Gasteiger partial charge in [0.2, 0.25) is 5.91 Å². The molecule has 1 atom stereocenters. The number of hydrogen-bond donors (Lipinski definition) is 1. The maximum Gasteiger partial charge on any atom is 0.309 e. The van der Waals surface area contributed by atoms with Crippen LogP contribution in [0.5, 0.6) is 0 Å². The molecule has 0 fully saturated rings. The van der Waals surface area contributed by atoms with Crippen molar-refractivity contribution in [3.8, 4) is 33.6 Å². The van der Waals surface area contributed by atoms with Gasteiger partial charge in [-0.2, -0.15) is 0 Å². The van der Waals surface area contributed by atoms with E-state index < -0.39 is 0 Å². The molecule has 0 aliphatic carbocycles. The number of benzene rings is 3. The number of rotatable bonds is 5. The van der Waals surface area contributed by atoms with Crippen LogP contribution in [-0.4, -0.2) is 29.0 Å². The number of anilines is 1. The van der Waals surface area contributed by atoms with Crippen LogP contribution >= 0.6 is 11.6 Å². The number of carbonyl (C=O) groups is 2. The number of ether oxygens (including phenoxy) is 1. The minimum atomic E-state index is -0.327. The van der Waals surface area contributed by atoms with Crippen molar-refractivity contribution in [2.75, 3.05) is 12.4 Å². The van der Waals surface area contributed by atoms with Crippen molar-refractivity contribution in [3.05, 3.63) is 113 Å². The molecule has 1 N–H and O–H groups in total. The second-order valence-corrected chi connectivity index (χ2v) is 11.1. The highest BCUT2D eigenvalue weighted by Crippen LogP contribution is 2.38. The molecule has 5 aromatic rings. The number of aromatic nitrogens is 2. The molecule has 43 heavy (non-hydrogen) atoms. The van der Waals surface area contributed by atoms with E-state index in [0.717, 1.165) is 63.9 Å². The van der Waals surface area contributed by atoms with E-state index in [-0.39, 0.29) is 24.2 Å². The first-order valence-electron chi connectivity index (χ1n) is 14.2. The van der Waals surface area contributed by atoms with E-state index in [4.69, 9.17) is 25.7 Å². The minimum absolute atomic E-state index is 0.0451. The molecule has 0 radical (unpaired) electrons. The van der Waals surface area contributed by atoms with Gasteiger partial charge in [-0.15, -0.1) is 0 Å². The summed E-state index contributed by atoms with van der Waals surface area (Å²) in [4.78, 5) is 33.8. The number of fused-ring (bicyclic) bond motifs is 4. The van der Waals surface area contributed by atoms with Crippen LogP contribution in [0.15, 0.2) is 96.0 Å². The summed E-state index contributed by atoms with van der Waals surface area (Å²) in [7, 11) is 1.37. The molecule has 0 saturated carbocycles. The topological polar surface area (TPSA) is 94.3 Å². The number of amides is 1. The zero-order valence-electron chi connectivity index (χ0n) is 23.7. The van der Waals surface area contributed by atoms with Crippen LogP contribution in [0.2, 0.25) is 5.02 Å². The lowest BCUT2D eigenvalue weighted by Crippen LogP contribution is -2.14. The van der Waals surface area contributed by atoms with E-state index >= 15 is 0 Å². The number of esters is 1. The zero-order valence-corrected chi connectivity index (χ0v) is 24.4. The fraction of sp³-hybridized carbons (Fsp3) is 0.200. The second kappa shape index (κ2) is 12.6. The van der Waals surface area contributed by atoms with Crippen LogP contribution in [0, 0.1) is 0 Å². The van der Waals surface area contributed by atoms with E-state index in [1.54, 1.807) is 6.20 Å². The third-order valence-electron chi connectivity index (χ3n) is 7.81. The number of pyridine rings is 1. The van der Waals surface area contributed by atoms with E-state index in [1.807, 2.05) is 54.7 Å². The monoisotopic (exact) mass is 591 g/mol. The van der Waals surface area contributed by atoms with E-state index in [0.29, 0.717) is 22.9 Å². The number of carbonyl (C=O) groups excluding carboxylic acids is 2. The fourth-order valence-corrected chi connectivity index (χ4v) is 5.81. The van der Waals surface area contributed by atoms with Gasteiger partial charge in [0, 0.05) is 51.6 Å². The van der Waals surface area contributed by atoms with Crippen molar-refractivity contribution < 1.29 is 18.7 Å². The van der Waals surface area contributed by atoms with Gasteiger partial charge in [0.25, 0.3) is 0 Å². The molecule has 2 bridgehead atoms. The summed E-state index contributed by atoms with van der Waals surface area (Å²) in [6.07, 6.45) is 8.00. The maximum atomic E-state index is 12.9. The maximum absolute atomic E-state index is 12.9. The molecule has 0 saturated heterocycles. The molecule has 2 aromatic heterocycles. The number of methoxy groups -OCH3 is 1. The smallest absolute Gasteiger partial charge is 0.309 e. The molecular formula is C35H30ClN3O4. The van der Waals surface area contributed by atoms with Crippen LogP contribution in [0.4, 0.5) is 5.69 Å². The summed E-state index contributed by atoms with van der Waals surface area (Å²) < 4.78 is 10.4. The molecule has 0 spiro atoms. The Morgan fingerprint density at radius 3 is 2.65 bits per heavy atom. The first-order valence-corrected chi connectivity index (χ1v) is 14.6. The van der Waals surface area contributed by atoms with Gasteiger partial charge >= 0.3 is 5.97 Å². The zero-order chi connectivity index (χ0) is 29.8. The van der Waals surface area contributed by atoms with Gasteiger partial charge in [-0.3, -0.25) is 14.6 Å². The summed E-state index contributed by atoms with van der Waals surface area (Å²) in [5, 5.41) is 3.70. The Morgan fingerprint density at radius 1 is 0.977 bits per heavy atom. The van der Waals surface area contributed by atoms with Gasteiger partial charge in [-0.1, -0.05) is 60.5 Å². The summed E-state index contributed by atoms with van der Waals surface area (Å²) in [6, 6.07) is 23.9. The van der Waals surface area contributed by atoms with Crippen LogP contribution in [0.25, 0.3) is 33.6 Å². The molecule has 1 unspecified atom stereocenters. The Morgan fingerprint density at radius 2 is 1.86 bits per heavy atom. The Balaban J connectivity index is 1.36. The Hall–Kier alpha value is -4.75. The molecule has 1 aliphatic rings. The summed E-state index contributed by atoms with van der Waals surface area (Å²) in [5.74, 6) is 0.337. The average Bonchev–Trinajstić information content (AvgIpc) is 3.56. The number of oxazole rings is 1. The lowest BCUT2D eigenvalue weighted by atomic mass is 9.87. The lowest BCUT2D eigenvalue weighted by Gasteiger charge is -2.21. The standard InChI is InChI=1S/C35H30ClN3O4/c1-42-35(41)16-22-9-12-28-24-6-4-5-23(17-24)27(7-2-3-8-34(40)39-32(28)15-22)31-14-10-25(19-38-31)30-18-26(36)11-13-29(30)33-20-37-21-43-33/h4-6,9-15,17-21,27H,2-3,7-8,16H2,1H3,(H,39,40). The number of nitrogens with one attached hydrogen (secondary N) is 1. The van der Waals surface area contributed by atoms with Gasteiger partial charge in [-0.05, 0) is 65.4 Å². The van der Waals surface area contributed by atoms with E-state index in [2.05, 4.69) is 34.6 Å². The van der Waals surface area contributed by atoms with Crippen LogP contribution in [0.3, 0.4) is 0 Å². The predicted octanol–water partition coefficient (Wildman–Crippen LogP) is 8.08. The van der Waals surface area contributed by atoms with Crippen molar-refractivity contribution in [2.45, 2.75) is 38.0 Å². The number of hydrogen-bond acceptors (Lipinski definition) is 6. The van der Waals surface area contributed by atoms with Gasteiger partial charge in [0.15, 0.2) is 12.2 Å². The Labute approximate surface area is 254 Å². The van der Waals surface area contributed by atoms with Crippen molar-refractivity contribution >= 4 is 29.2 Å². The second-order valence-electron chi connectivity index (χ2n) is 10.6. The number of halogens is 1. The molecule has 1 amide bonds. The molecule has 3 aromatic carbocycles. The highest BCUT2D eigenvalue weighted by atomic mass is 35.5. The van der Waals surface area contributed by atoms with Gasteiger partial charge in [0.1, 0.15) is 0 Å². The molecule has 216 valence electrons. The largest absolute Gasteiger partial charge is 0.469 e. The van der Waals surface area contributed by atoms with Crippen LogP contribution in [0.1, 0.15) is 48.4 Å². The molecule has 7 nitrogen and oxygen atoms in total. The third kappa shape index (κ3) is 6.37. The molecule has 6 rings (SSSR count). The van der Waals surface area contributed by atoms with E-state index in [9.17, 15) is 9.59 Å². The van der Waals surface area contributed by atoms with Crippen molar-refractivity contribution in [2.24, 2.45) is 0 Å². The lowest BCUT2D eigenvalue weighted by molar-refractivity contribution is -0.139. The quantitative estimate of drug-likeness (QED) is 0.208. The highest BCUT2D eigenvalue weighted by molar-refractivity contribution is 6.31. The summed E-state index contributed by atoms with van der Waals surface area (Å²) in [6.45, 7) is 0. The fourth-order valence-electron chi connectivity index (χ4n) is 5.64. The third-order valence-corrected chi connectivity index (χ3v) is 8.05. The summed E-state index contributed by atoms with van der Waals surface area (Å²) in [5.41, 5.74) is 8.18.